The van der Waals surface area contributed by atoms with Gasteiger partial charge in [0.2, 0.25) is 0 Å². The van der Waals surface area contributed by atoms with E-state index in [1.165, 1.54) is 0 Å². The normalized spacial score (nSPS) is 23.1. The molecule has 2 atom stereocenters. The Bertz CT molecular complexity index is 635. The van der Waals surface area contributed by atoms with Crippen LogP contribution < -0.4 is 0 Å². The average Bonchev–Trinajstić information content (AvgIpc) is 2.69. The molecule has 0 aromatic heterocycles. The van der Waals surface area contributed by atoms with Crippen molar-refractivity contribution in [2.24, 2.45) is 17.8 Å². The topological polar surface area (TPSA) is 91.7 Å². The third-order valence-electron chi connectivity index (χ3n) is 4.69. The highest BCUT2D eigenvalue weighted by Gasteiger charge is 2.58. The van der Waals surface area contributed by atoms with E-state index in [1.807, 2.05) is 41.5 Å². The van der Waals surface area contributed by atoms with Gasteiger partial charge in [-0.2, -0.15) is 0 Å². The van der Waals surface area contributed by atoms with Crippen LogP contribution in [-0.4, -0.2) is 33.2 Å². The first kappa shape index (κ1) is 22.3. The number of aliphatic hydroxyl groups is 2. The molecule has 1 aliphatic rings. The minimum atomic E-state index is -2.31. The fourth-order valence-corrected chi connectivity index (χ4v) is 3.20. The summed E-state index contributed by atoms with van der Waals surface area (Å²) in [6, 6.07) is 0. The van der Waals surface area contributed by atoms with E-state index >= 15 is 0 Å². The van der Waals surface area contributed by atoms with Gasteiger partial charge in [0.15, 0.2) is 23.0 Å². The minimum absolute atomic E-state index is 0.000201. The summed E-state index contributed by atoms with van der Waals surface area (Å²) < 4.78 is 0. The number of carbonyl (C=O) groups is 3. The van der Waals surface area contributed by atoms with Crippen LogP contribution >= 0.6 is 0 Å². The van der Waals surface area contributed by atoms with Gasteiger partial charge in [-0.3, -0.25) is 14.4 Å². The van der Waals surface area contributed by atoms with E-state index in [-0.39, 0.29) is 36.7 Å². The van der Waals surface area contributed by atoms with Gasteiger partial charge in [0, 0.05) is 12.8 Å². The predicted molar refractivity (Wildman–Crippen MR) is 101 cm³/mol. The van der Waals surface area contributed by atoms with Gasteiger partial charge in [0.05, 0.1) is 5.92 Å². The Morgan fingerprint density at radius 2 is 1.73 bits per heavy atom. The van der Waals surface area contributed by atoms with Crippen LogP contribution in [0.5, 0.6) is 0 Å². The number of hydrogen-bond acceptors (Lipinski definition) is 5. The number of aliphatic hydroxyl groups excluding tert-OH is 1. The molecule has 0 aromatic rings. The fraction of sp³-hybridized carbons (Fsp3) is 0.667. The van der Waals surface area contributed by atoms with E-state index in [2.05, 4.69) is 0 Å². The maximum absolute atomic E-state index is 12.8. The van der Waals surface area contributed by atoms with Crippen molar-refractivity contribution in [3.05, 3.63) is 23.0 Å². The standard InChI is InChI=1S/C21H32O5/c1-12(2)7-9-15-19(24)18(16(22)11-14(5)6)20(25)21(15,26)17(23)10-8-13(3)4/h8,12,14-15,25-26H,7,9-11H2,1-6H3/t15-,21?/m1/s1. The highest BCUT2D eigenvalue weighted by Crippen LogP contribution is 2.42. The van der Waals surface area contributed by atoms with Gasteiger partial charge in [-0.1, -0.05) is 45.8 Å². The molecule has 5 heteroatoms. The van der Waals surface area contributed by atoms with Crippen LogP contribution in [0.15, 0.2) is 23.0 Å². The van der Waals surface area contributed by atoms with Crippen LogP contribution in [0.25, 0.3) is 0 Å². The fourth-order valence-electron chi connectivity index (χ4n) is 3.20. The van der Waals surface area contributed by atoms with E-state index in [0.29, 0.717) is 6.42 Å². The summed E-state index contributed by atoms with van der Waals surface area (Å²) in [5.74, 6) is -3.36. The van der Waals surface area contributed by atoms with Gasteiger partial charge in [0.25, 0.3) is 0 Å². The van der Waals surface area contributed by atoms with Crippen molar-refractivity contribution in [3.63, 3.8) is 0 Å². The molecule has 0 spiro atoms. The molecule has 0 bridgehead atoms. The summed E-state index contributed by atoms with van der Waals surface area (Å²) in [5, 5.41) is 21.7. The molecule has 146 valence electrons. The number of Topliss-reactive ketones (excluding diaryl/α,β-unsaturated/α-hetero) is 3. The van der Waals surface area contributed by atoms with Gasteiger partial charge >= 0.3 is 0 Å². The molecule has 0 fully saturated rings. The van der Waals surface area contributed by atoms with Crippen molar-refractivity contribution in [2.45, 2.75) is 72.8 Å². The van der Waals surface area contributed by atoms with Crippen LogP contribution in [0, 0.1) is 17.8 Å². The Labute approximate surface area is 156 Å². The first-order valence-corrected chi connectivity index (χ1v) is 9.33. The maximum atomic E-state index is 12.8. The molecule has 1 aliphatic carbocycles. The van der Waals surface area contributed by atoms with Gasteiger partial charge in [0.1, 0.15) is 11.3 Å². The van der Waals surface area contributed by atoms with Crippen LogP contribution in [0.3, 0.4) is 0 Å². The number of hydrogen-bond donors (Lipinski definition) is 2. The van der Waals surface area contributed by atoms with Gasteiger partial charge in [-0.05, 0) is 32.1 Å². The third-order valence-corrected chi connectivity index (χ3v) is 4.69. The molecule has 0 heterocycles. The van der Waals surface area contributed by atoms with Crippen molar-refractivity contribution in [1.82, 2.24) is 0 Å². The zero-order valence-electron chi connectivity index (χ0n) is 16.8. The lowest BCUT2D eigenvalue weighted by atomic mass is 9.79. The Balaban J connectivity index is 3.34. The second kappa shape index (κ2) is 8.76. The lowest BCUT2D eigenvalue weighted by molar-refractivity contribution is -0.144. The molecule has 0 aliphatic heterocycles. The van der Waals surface area contributed by atoms with E-state index in [9.17, 15) is 24.6 Å². The zero-order valence-corrected chi connectivity index (χ0v) is 16.8. The Kier molecular flexibility index (Phi) is 7.51. The summed E-state index contributed by atoms with van der Waals surface area (Å²) in [5.41, 5.74) is -1.80. The molecular weight excluding hydrogens is 332 g/mol. The Morgan fingerprint density at radius 1 is 1.15 bits per heavy atom. The van der Waals surface area contributed by atoms with E-state index in [1.54, 1.807) is 6.08 Å². The van der Waals surface area contributed by atoms with Crippen molar-refractivity contribution in [2.75, 3.05) is 0 Å². The second-order valence-corrected chi connectivity index (χ2v) is 8.31. The van der Waals surface area contributed by atoms with Crippen LogP contribution in [0.2, 0.25) is 0 Å². The van der Waals surface area contributed by atoms with Crippen molar-refractivity contribution in [3.8, 4) is 0 Å². The molecule has 0 saturated heterocycles. The monoisotopic (exact) mass is 364 g/mol. The molecule has 26 heavy (non-hydrogen) atoms. The number of ketones is 3. The summed E-state index contributed by atoms with van der Waals surface area (Å²) in [7, 11) is 0. The zero-order chi connectivity index (χ0) is 20.2. The molecule has 0 saturated carbocycles. The number of allylic oxidation sites excluding steroid dienone is 3. The highest BCUT2D eigenvalue weighted by atomic mass is 16.3. The Hall–Kier alpha value is -1.75. The van der Waals surface area contributed by atoms with Crippen LogP contribution in [0.4, 0.5) is 0 Å². The molecule has 5 nitrogen and oxygen atoms in total. The van der Waals surface area contributed by atoms with Crippen molar-refractivity contribution < 1.29 is 24.6 Å². The van der Waals surface area contributed by atoms with Crippen LogP contribution in [-0.2, 0) is 14.4 Å². The second-order valence-electron chi connectivity index (χ2n) is 8.31. The molecule has 0 aromatic carbocycles. The largest absolute Gasteiger partial charge is 0.508 e. The van der Waals surface area contributed by atoms with Gasteiger partial charge in [-0.25, -0.2) is 0 Å². The smallest absolute Gasteiger partial charge is 0.191 e. The van der Waals surface area contributed by atoms with Gasteiger partial charge < -0.3 is 10.2 Å². The highest BCUT2D eigenvalue weighted by molar-refractivity contribution is 6.26. The third kappa shape index (κ3) is 4.70. The Morgan fingerprint density at radius 3 is 2.19 bits per heavy atom. The molecule has 1 rings (SSSR count). The summed E-state index contributed by atoms with van der Waals surface area (Å²) in [6.07, 6.45) is 2.48. The van der Waals surface area contributed by atoms with Crippen LogP contribution in [0.1, 0.15) is 67.2 Å². The quantitative estimate of drug-likeness (QED) is 0.481. The summed E-state index contributed by atoms with van der Waals surface area (Å²) in [4.78, 5) is 38.0. The van der Waals surface area contributed by atoms with E-state index < -0.39 is 34.6 Å². The van der Waals surface area contributed by atoms with E-state index in [0.717, 1.165) is 5.57 Å². The molecule has 1 unspecified atom stereocenters. The molecular formula is C21H32O5. The maximum Gasteiger partial charge on any atom is 0.191 e. The van der Waals surface area contributed by atoms with Crippen molar-refractivity contribution >= 4 is 17.3 Å². The lowest BCUT2D eigenvalue weighted by Gasteiger charge is -2.28. The summed E-state index contributed by atoms with van der Waals surface area (Å²) >= 11 is 0. The lowest BCUT2D eigenvalue weighted by Crippen LogP contribution is -2.46. The predicted octanol–water partition coefficient (Wildman–Crippen LogP) is 3.71. The first-order chi connectivity index (χ1) is 11.9. The molecule has 0 amide bonds. The van der Waals surface area contributed by atoms with Crippen molar-refractivity contribution in [1.29, 1.82) is 0 Å². The van der Waals surface area contributed by atoms with Gasteiger partial charge in [-0.15, -0.1) is 0 Å². The SMILES string of the molecule is CC(C)=CCC(=O)C1(O)C(O)=C(C(=O)CC(C)C)C(=O)[C@H]1CCC(C)C. The minimum Gasteiger partial charge on any atom is -0.508 e. The van der Waals surface area contributed by atoms with E-state index in [4.69, 9.17) is 0 Å². The summed E-state index contributed by atoms with van der Waals surface area (Å²) in [6.45, 7) is 11.2. The first-order valence-electron chi connectivity index (χ1n) is 9.33. The molecule has 2 N–H and O–H groups in total. The number of carbonyl (C=O) groups excluding carboxylic acids is 3. The average molecular weight is 364 g/mol. The number of rotatable bonds is 9. The molecule has 0 radical (unpaired) electrons.